The summed E-state index contributed by atoms with van der Waals surface area (Å²) in [6, 6.07) is 41.6. The van der Waals surface area contributed by atoms with Gasteiger partial charge in [-0.3, -0.25) is 4.57 Å². The smallest absolute Gasteiger partial charge is 0.141 e. The summed E-state index contributed by atoms with van der Waals surface area (Å²) in [5.41, 5.74) is 12.4. The molecule has 8 rings (SSSR count). The summed E-state index contributed by atoms with van der Waals surface area (Å²) in [5, 5.41) is 7.31. The number of rotatable bonds is 7. The van der Waals surface area contributed by atoms with Gasteiger partial charge >= 0.3 is 0 Å². The van der Waals surface area contributed by atoms with Crippen LogP contribution in [0.4, 0.5) is 0 Å². The molecule has 0 saturated heterocycles. The summed E-state index contributed by atoms with van der Waals surface area (Å²) < 4.78 is 16.2. The molecule has 49 heavy (non-hydrogen) atoms. The fourth-order valence-corrected chi connectivity index (χ4v) is 7.14. The van der Waals surface area contributed by atoms with Crippen LogP contribution in [0.15, 0.2) is 128 Å². The van der Waals surface area contributed by atoms with Crippen LogP contribution in [-0.4, -0.2) is 26.4 Å². The van der Waals surface area contributed by atoms with Crippen LogP contribution >= 0.6 is 0 Å². The second-order valence-electron chi connectivity index (χ2n) is 12.5. The lowest BCUT2D eigenvalue weighted by atomic mass is 9.90. The van der Waals surface area contributed by atoms with E-state index in [0.29, 0.717) is 0 Å². The number of fused-ring (bicyclic) bond motifs is 3. The number of aromatic nitrogens is 4. The molecule has 0 spiro atoms. The number of ether oxygens (including phenoxy) is 2. The zero-order chi connectivity index (χ0) is 33.6. The van der Waals surface area contributed by atoms with E-state index in [1.807, 2.05) is 47.1 Å². The minimum atomic E-state index is 0.729. The summed E-state index contributed by atoms with van der Waals surface area (Å²) in [7, 11) is 1.67. The minimum Gasteiger partial charge on any atom is -0.497 e. The molecule has 3 heterocycles. The van der Waals surface area contributed by atoms with Gasteiger partial charge in [0.1, 0.15) is 23.1 Å². The standard InChI is InChI=1S/C43H36N4O2/c1-27-22-32(31-12-7-6-8-13-31)23-28(2)42(27)43-29(3)45-47(30(43)4)33-14-11-15-35(24-33)49-36-18-19-38-37-16-9-10-17-39(37)46(40(38)25-36)41-26-34(48-5)20-21-44-41/h6-26H,1-5H3. The Morgan fingerprint density at radius 1 is 0.571 bits per heavy atom. The van der Waals surface area contributed by atoms with Crippen molar-refractivity contribution in [2.45, 2.75) is 27.7 Å². The summed E-state index contributed by atoms with van der Waals surface area (Å²) >= 11 is 0. The van der Waals surface area contributed by atoms with Crippen molar-refractivity contribution in [1.82, 2.24) is 19.3 Å². The third kappa shape index (κ3) is 5.32. The maximum absolute atomic E-state index is 6.54. The summed E-state index contributed by atoms with van der Waals surface area (Å²) in [6.07, 6.45) is 1.77. The number of hydrogen-bond acceptors (Lipinski definition) is 4. The molecule has 0 saturated carbocycles. The molecule has 0 bridgehead atoms. The predicted octanol–water partition coefficient (Wildman–Crippen LogP) is 10.7. The number of para-hydroxylation sites is 1. The number of nitrogens with zero attached hydrogens (tertiary/aromatic N) is 4. The Hall–Kier alpha value is -6.14. The molecular formula is C43H36N4O2. The van der Waals surface area contributed by atoms with Crippen LogP contribution in [0.5, 0.6) is 17.2 Å². The molecule has 0 aliphatic rings. The van der Waals surface area contributed by atoms with Gasteiger partial charge in [0, 0.05) is 46.4 Å². The molecular weight excluding hydrogens is 604 g/mol. The zero-order valence-electron chi connectivity index (χ0n) is 28.2. The monoisotopic (exact) mass is 640 g/mol. The number of aryl methyl sites for hydroxylation is 3. The lowest BCUT2D eigenvalue weighted by molar-refractivity contribution is 0.414. The third-order valence-electron chi connectivity index (χ3n) is 9.31. The largest absolute Gasteiger partial charge is 0.497 e. The average Bonchev–Trinajstić information content (AvgIpc) is 3.61. The van der Waals surface area contributed by atoms with Gasteiger partial charge in [-0.05, 0) is 91.9 Å². The van der Waals surface area contributed by atoms with Gasteiger partial charge in [0.15, 0.2) is 0 Å². The maximum atomic E-state index is 6.54. The van der Waals surface area contributed by atoms with Crippen molar-refractivity contribution < 1.29 is 9.47 Å². The predicted molar refractivity (Wildman–Crippen MR) is 199 cm³/mol. The Morgan fingerprint density at radius 2 is 1.31 bits per heavy atom. The van der Waals surface area contributed by atoms with E-state index in [1.54, 1.807) is 13.3 Å². The highest BCUT2D eigenvalue weighted by Crippen LogP contribution is 2.38. The first-order chi connectivity index (χ1) is 23.9. The van der Waals surface area contributed by atoms with E-state index < -0.39 is 0 Å². The molecule has 0 atom stereocenters. The number of hydrogen-bond donors (Lipinski definition) is 0. The van der Waals surface area contributed by atoms with Gasteiger partial charge in [-0.25, -0.2) is 9.67 Å². The average molecular weight is 641 g/mol. The van der Waals surface area contributed by atoms with Crippen LogP contribution in [0.1, 0.15) is 22.5 Å². The Morgan fingerprint density at radius 3 is 2.10 bits per heavy atom. The van der Waals surface area contributed by atoms with E-state index in [-0.39, 0.29) is 0 Å². The van der Waals surface area contributed by atoms with Gasteiger partial charge < -0.3 is 9.47 Å². The van der Waals surface area contributed by atoms with Gasteiger partial charge in [-0.15, -0.1) is 0 Å². The van der Waals surface area contributed by atoms with E-state index in [1.165, 1.54) is 33.4 Å². The minimum absolute atomic E-state index is 0.729. The summed E-state index contributed by atoms with van der Waals surface area (Å²) in [4.78, 5) is 4.69. The van der Waals surface area contributed by atoms with Crippen LogP contribution in [-0.2, 0) is 0 Å². The fourth-order valence-electron chi connectivity index (χ4n) is 7.14. The van der Waals surface area contributed by atoms with Gasteiger partial charge in [-0.2, -0.15) is 5.10 Å². The van der Waals surface area contributed by atoms with E-state index in [2.05, 4.69) is 116 Å². The van der Waals surface area contributed by atoms with Crippen molar-refractivity contribution in [3.63, 3.8) is 0 Å². The van der Waals surface area contributed by atoms with Gasteiger partial charge in [0.2, 0.25) is 0 Å². The van der Waals surface area contributed by atoms with E-state index in [9.17, 15) is 0 Å². The van der Waals surface area contributed by atoms with Gasteiger partial charge in [0.25, 0.3) is 0 Å². The number of benzene rings is 5. The highest BCUT2D eigenvalue weighted by Gasteiger charge is 2.20. The molecule has 6 heteroatoms. The molecule has 6 nitrogen and oxygen atoms in total. The lowest BCUT2D eigenvalue weighted by Gasteiger charge is -2.14. The molecule has 0 N–H and O–H groups in total. The van der Waals surface area contributed by atoms with Crippen LogP contribution in [0.3, 0.4) is 0 Å². The zero-order valence-corrected chi connectivity index (χ0v) is 28.2. The second-order valence-corrected chi connectivity index (χ2v) is 12.5. The highest BCUT2D eigenvalue weighted by molar-refractivity contribution is 6.09. The Labute approximate surface area is 285 Å². The molecule has 3 aromatic heterocycles. The van der Waals surface area contributed by atoms with Gasteiger partial charge in [0.05, 0.1) is 29.5 Å². The molecule has 0 aliphatic heterocycles. The highest BCUT2D eigenvalue weighted by atomic mass is 16.5. The van der Waals surface area contributed by atoms with E-state index >= 15 is 0 Å². The van der Waals surface area contributed by atoms with E-state index in [4.69, 9.17) is 14.6 Å². The molecule has 240 valence electrons. The van der Waals surface area contributed by atoms with Crippen LogP contribution in [0, 0.1) is 27.7 Å². The Kier molecular flexibility index (Phi) is 7.49. The molecule has 0 radical (unpaired) electrons. The van der Waals surface area contributed by atoms with Crippen LogP contribution in [0.2, 0.25) is 0 Å². The van der Waals surface area contributed by atoms with E-state index in [0.717, 1.165) is 61.9 Å². The molecule has 0 fully saturated rings. The molecule has 8 aromatic rings. The van der Waals surface area contributed by atoms with Crippen molar-refractivity contribution in [2.75, 3.05) is 7.11 Å². The molecule has 5 aromatic carbocycles. The topological polar surface area (TPSA) is 54.1 Å². The maximum Gasteiger partial charge on any atom is 0.141 e. The normalized spacial score (nSPS) is 11.4. The van der Waals surface area contributed by atoms with Crippen molar-refractivity contribution in [1.29, 1.82) is 0 Å². The van der Waals surface area contributed by atoms with Crippen LogP contribution in [0.25, 0.3) is 55.6 Å². The number of pyridine rings is 1. The van der Waals surface area contributed by atoms with Crippen molar-refractivity contribution in [3.05, 3.63) is 150 Å². The number of methoxy groups -OCH3 is 1. The molecule has 0 amide bonds. The first kappa shape index (κ1) is 30.2. The lowest BCUT2D eigenvalue weighted by Crippen LogP contribution is -2.00. The Bertz CT molecular complexity index is 2490. The summed E-state index contributed by atoms with van der Waals surface area (Å²) in [5.74, 6) is 3.00. The van der Waals surface area contributed by atoms with Crippen molar-refractivity contribution >= 4 is 21.8 Å². The second kappa shape index (κ2) is 12.1. The first-order valence-corrected chi connectivity index (χ1v) is 16.4. The molecule has 0 aliphatic carbocycles. The quantitative estimate of drug-likeness (QED) is 0.174. The summed E-state index contributed by atoms with van der Waals surface area (Å²) in [6.45, 7) is 8.63. The molecule has 0 unspecified atom stereocenters. The SMILES string of the molecule is COc1ccnc(-n2c3ccccc3c3ccc(Oc4cccc(-n5nc(C)c(-c6c(C)cc(-c7ccccc7)cc6C)c5C)c4)cc32)c1. The Balaban J connectivity index is 1.15. The van der Waals surface area contributed by atoms with Crippen molar-refractivity contribution in [2.24, 2.45) is 0 Å². The fraction of sp³-hybridized carbons (Fsp3) is 0.116. The van der Waals surface area contributed by atoms with Gasteiger partial charge in [-0.1, -0.05) is 66.7 Å². The first-order valence-electron chi connectivity index (χ1n) is 16.4. The van der Waals surface area contributed by atoms with Crippen LogP contribution < -0.4 is 9.47 Å². The van der Waals surface area contributed by atoms with Crippen molar-refractivity contribution in [3.8, 4) is 51.0 Å². The third-order valence-corrected chi connectivity index (χ3v) is 9.31.